The third kappa shape index (κ3) is 2.09. The molecule has 0 radical (unpaired) electrons. The summed E-state index contributed by atoms with van der Waals surface area (Å²) in [5, 5.41) is 8.32. The number of hydrogen-bond donors (Lipinski definition) is 2. The molecule has 0 saturated heterocycles. The molecule has 4 heteroatoms. The zero-order valence-corrected chi connectivity index (χ0v) is 6.27. The molecule has 12 heavy (non-hydrogen) atoms. The highest BCUT2D eigenvalue weighted by Crippen LogP contribution is 2.08. The van der Waals surface area contributed by atoms with Gasteiger partial charge in [0.1, 0.15) is 5.82 Å². The number of pyridine rings is 1. The van der Waals surface area contributed by atoms with Crippen LogP contribution in [-0.4, -0.2) is 16.1 Å². The minimum absolute atomic E-state index is 0.329. The molecule has 0 unspecified atom stereocenters. The summed E-state index contributed by atoms with van der Waals surface area (Å²) in [4.78, 5) is 13.9. The highest BCUT2D eigenvalue weighted by atomic mass is 16.4. The highest BCUT2D eigenvalue weighted by Gasteiger charge is 1.93. The summed E-state index contributed by atoms with van der Waals surface area (Å²) < 4.78 is 0. The van der Waals surface area contributed by atoms with Crippen LogP contribution in [0, 0.1) is 0 Å². The largest absolute Gasteiger partial charge is 0.478 e. The second-order valence-corrected chi connectivity index (χ2v) is 2.15. The number of aliphatic carboxylic acids is 1. The summed E-state index contributed by atoms with van der Waals surface area (Å²) in [6, 6.07) is 3.39. The van der Waals surface area contributed by atoms with E-state index in [1.54, 1.807) is 18.3 Å². The van der Waals surface area contributed by atoms with Crippen molar-refractivity contribution in [1.29, 1.82) is 0 Å². The minimum Gasteiger partial charge on any atom is -0.478 e. The normalized spacial score (nSPS) is 10.3. The van der Waals surface area contributed by atoms with Crippen molar-refractivity contribution in [3.63, 3.8) is 0 Å². The Kier molecular flexibility index (Phi) is 2.42. The van der Waals surface area contributed by atoms with Gasteiger partial charge in [0.15, 0.2) is 0 Å². The van der Waals surface area contributed by atoms with E-state index >= 15 is 0 Å². The molecule has 3 N–H and O–H groups in total. The fourth-order valence-corrected chi connectivity index (χ4v) is 0.732. The van der Waals surface area contributed by atoms with Gasteiger partial charge in [0, 0.05) is 17.8 Å². The molecule has 0 saturated carbocycles. The Morgan fingerprint density at radius 1 is 1.67 bits per heavy atom. The maximum Gasteiger partial charge on any atom is 0.328 e. The molecule has 0 spiro atoms. The van der Waals surface area contributed by atoms with Crippen molar-refractivity contribution in [2.24, 2.45) is 0 Å². The van der Waals surface area contributed by atoms with Crippen LogP contribution < -0.4 is 5.73 Å². The van der Waals surface area contributed by atoms with Gasteiger partial charge in [-0.3, -0.25) is 0 Å². The zero-order valence-electron chi connectivity index (χ0n) is 6.27. The van der Waals surface area contributed by atoms with Crippen molar-refractivity contribution in [3.05, 3.63) is 30.0 Å². The molecule has 1 aromatic rings. The lowest BCUT2D eigenvalue weighted by Crippen LogP contribution is -1.93. The van der Waals surface area contributed by atoms with E-state index in [-0.39, 0.29) is 0 Å². The molecule has 0 fully saturated rings. The summed E-state index contributed by atoms with van der Waals surface area (Å²) in [5.74, 6) is -0.673. The van der Waals surface area contributed by atoms with Crippen LogP contribution in [0.5, 0.6) is 0 Å². The van der Waals surface area contributed by atoms with Crippen LogP contribution in [0.4, 0.5) is 5.82 Å². The van der Waals surface area contributed by atoms with Crippen LogP contribution >= 0.6 is 0 Å². The first-order valence-electron chi connectivity index (χ1n) is 3.31. The summed E-state index contributed by atoms with van der Waals surface area (Å²) in [7, 11) is 0. The monoisotopic (exact) mass is 164 g/mol. The molecule has 0 atom stereocenters. The molecule has 0 aliphatic rings. The van der Waals surface area contributed by atoms with Gasteiger partial charge in [-0.15, -0.1) is 0 Å². The molecule has 0 aromatic carbocycles. The number of nitrogens with two attached hydrogens (primary N) is 1. The molecule has 1 aromatic heterocycles. The van der Waals surface area contributed by atoms with Gasteiger partial charge in [0.2, 0.25) is 0 Å². The molecular formula is C8H8N2O2. The first-order valence-corrected chi connectivity index (χ1v) is 3.31. The Morgan fingerprint density at radius 2 is 2.42 bits per heavy atom. The Bertz CT molecular complexity index is 321. The second-order valence-electron chi connectivity index (χ2n) is 2.15. The Labute approximate surface area is 69.4 Å². The van der Waals surface area contributed by atoms with E-state index in [4.69, 9.17) is 10.8 Å². The number of aromatic nitrogens is 1. The number of carbonyl (C=O) groups is 1. The smallest absolute Gasteiger partial charge is 0.328 e. The van der Waals surface area contributed by atoms with Crippen molar-refractivity contribution < 1.29 is 9.90 Å². The second kappa shape index (κ2) is 3.52. The highest BCUT2D eigenvalue weighted by molar-refractivity contribution is 5.86. The zero-order chi connectivity index (χ0) is 8.97. The van der Waals surface area contributed by atoms with E-state index in [2.05, 4.69) is 4.98 Å². The first-order chi connectivity index (χ1) is 5.70. The fraction of sp³-hybridized carbons (Fsp3) is 0. The Hall–Kier alpha value is -1.84. The van der Waals surface area contributed by atoms with E-state index in [0.717, 1.165) is 6.08 Å². The summed E-state index contributed by atoms with van der Waals surface area (Å²) in [6.07, 6.45) is 3.98. The van der Waals surface area contributed by atoms with Gasteiger partial charge >= 0.3 is 5.97 Å². The van der Waals surface area contributed by atoms with Crippen LogP contribution in [0.1, 0.15) is 5.56 Å². The van der Waals surface area contributed by atoms with E-state index in [9.17, 15) is 4.79 Å². The Morgan fingerprint density at radius 3 is 3.00 bits per heavy atom. The molecular weight excluding hydrogens is 156 g/mol. The number of nitrogen functional groups attached to an aromatic ring is 1. The number of carboxylic acids is 1. The maximum atomic E-state index is 10.1. The molecule has 0 aliphatic carbocycles. The van der Waals surface area contributed by atoms with Gasteiger partial charge in [-0.25, -0.2) is 9.78 Å². The van der Waals surface area contributed by atoms with Crippen molar-refractivity contribution in [3.8, 4) is 0 Å². The number of anilines is 1. The standard InChI is InChI=1S/C8H8N2O2/c9-8-6(2-1-5-10-8)3-4-7(11)12/h1-5H,(H2,9,10)(H,11,12)/b4-3-. The lowest BCUT2D eigenvalue weighted by atomic mass is 10.2. The van der Waals surface area contributed by atoms with E-state index in [0.29, 0.717) is 11.4 Å². The van der Waals surface area contributed by atoms with Crippen LogP contribution in [0.25, 0.3) is 6.08 Å². The molecule has 1 heterocycles. The van der Waals surface area contributed by atoms with Gasteiger partial charge in [-0.1, -0.05) is 0 Å². The number of hydrogen-bond acceptors (Lipinski definition) is 3. The summed E-state index contributed by atoms with van der Waals surface area (Å²) in [5.41, 5.74) is 6.06. The SMILES string of the molecule is Nc1ncccc1/C=C\C(=O)O. The molecule has 0 bridgehead atoms. The van der Waals surface area contributed by atoms with E-state index in [1.807, 2.05) is 0 Å². The molecule has 0 amide bonds. The van der Waals surface area contributed by atoms with Crippen LogP contribution in [-0.2, 0) is 4.79 Å². The summed E-state index contributed by atoms with van der Waals surface area (Å²) >= 11 is 0. The molecule has 0 aliphatic heterocycles. The van der Waals surface area contributed by atoms with Gasteiger partial charge in [0.05, 0.1) is 0 Å². The predicted molar refractivity (Wildman–Crippen MR) is 45.3 cm³/mol. The summed E-state index contributed by atoms with van der Waals surface area (Å²) in [6.45, 7) is 0. The molecule has 62 valence electrons. The third-order valence-corrected chi connectivity index (χ3v) is 1.28. The third-order valence-electron chi connectivity index (χ3n) is 1.28. The van der Waals surface area contributed by atoms with Crippen molar-refractivity contribution in [2.75, 3.05) is 5.73 Å². The minimum atomic E-state index is -1.00. The topological polar surface area (TPSA) is 76.2 Å². The van der Waals surface area contributed by atoms with E-state index < -0.39 is 5.97 Å². The average Bonchev–Trinajstić information content (AvgIpc) is 2.03. The quantitative estimate of drug-likeness (QED) is 0.633. The molecule has 1 rings (SSSR count). The van der Waals surface area contributed by atoms with Crippen molar-refractivity contribution in [2.45, 2.75) is 0 Å². The van der Waals surface area contributed by atoms with Gasteiger partial charge < -0.3 is 10.8 Å². The van der Waals surface area contributed by atoms with Crippen molar-refractivity contribution >= 4 is 17.9 Å². The van der Waals surface area contributed by atoms with Crippen LogP contribution in [0.15, 0.2) is 24.4 Å². The van der Waals surface area contributed by atoms with Crippen molar-refractivity contribution in [1.82, 2.24) is 4.98 Å². The predicted octanol–water partition coefficient (Wildman–Crippen LogP) is 0.762. The van der Waals surface area contributed by atoms with Gasteiger partial charge in [0.25, 0.3) is 0 Å². The van der Waals surface area contributed by atoms with Gasteiger partial charge in [-0.05, 0) is 18.2 Å². The Balaban J connectivity index is 2.89. The fourth-order valence-electron chi connectivity index (χ4n) is 0.732. The lowest BCUT2D eigenvalue weighted by molar-refractivity contribution is -0.131. The van der Waals surface area contributed by atoms with Gasteiger partial charge in [-0.2, -0.15) is 0 Å². The van der Waals surface area contributed by atoms with Crippen LogP contribution in [0.3, 0.4) is 0 Å². The number of nitrogens with zero attached hydrogens (tertiary/aromatic N) is 1. The van der Waals surface area contributed by atoms with E-state index in [1.165, 1.54) is 6.08 Å². The lowest BCUT2D eigenvalue weighted by Gasteiger charge is -1.95. The average molecular weight is 164 g/mol. The number of rotatable bonds is 2. The molecule has 4 nitrogen and oxygen atoms in total. The maximum absolute atomic E-state index is 10.1. The number of carboxylic acid groups (broad SMARTS) is 1. The first kappa shape index (κ1) is 8.26. The van der Waals surface area contributed by atoms with Crippen LogP contribution in [0.2, 0.25) is 0 Å².